The molecule has 2 amide bonds. The van der Waals surface area contributed by atoms with Gasteiger partial charge >= 0.3 is 0 Å². The SMILES string of the molecule is COc1cc(OC)c(NC(=O)CNc2cc(Cl)ccc2NC(C)=O)cc1Cl. The van der Waals surface area contributed by atoms with Gasteiger partial charge in [-0.1, -0.05) is 23.2 Å². The summed E-state index contributed by atoms with van der Waals surface area (Å²) in [6.07, 6.45) is 0. The monoisotopic (exact) mass is 411 g/mol. The molecular formula is C18H19Cl2N3O4. The second kappa shape index (κ2) is 9.34. The molecule has 2 rings (SSSR count). The van der Waals surface area contributed by atoms with Crippen molar-refractivity contribution in [1.82, 2.24) is 0 Å². The van der Waals surface area contributed by atoms with Crippen LogP contribution in [0.4, 0.5) is 17.1 Å². The molecule has 2 aromatic rings. The Hall–Kier alpha value is -2.64. The second-order valence-corrected chi connectivity index (χ2v) is 6.30. The van der Waals surface area contributed by atoms with Crippen LogP contribution in [0.5, 0.6) is 11.5 Å². The van der Waals surface area contributed by atoms with E-state index >= 15 is 0 Å². The third kappa shape index (κ3) is 5.67. The van der Waals surface area contributed by atoms with Crippen molar-refractivity contribution in [3.8, 4) is 11.5 Å². The second-order valence-electron chi connectivity index (χ2n) is 5.46. The van der Waals surface area contributed by atoms with Gasteiger partial charge in [0.1, 0.15) is 11.5 Å². The Balaban J connectivity index is 2.10. The number of ether oxygens (including phenoxy) is 2. The Bertz CT molecular complexity index is 859. The van der Waals surface area contributed by atoms with Crippen LogP contribution in [0, 0.1) is 0 Å². The lowest BCUT2D eigenvalue weighted by molar-refractivity contribution is -0.115. The Kier molecular flexibility index (Phi) is 7.15. The standard InChI is InChI=1S/C18H19Cl2N3O4/c1-10(24)22-13-5-4-11(19)6-14(13)21-9-18(25)23-15-7-12(20)16(26-2)8-17(15)27-3/h4-8,21H,9H2,1-3H3,(H,22,24)(H,23,25). The summed E-state index contributed by atoms with van der Waals surface area (Å²) in [5.74, 6) is 0.264. The molecule has 27 heavy (non-hydrogen) atoms. The Labute approximate surface area is 166 Å². The van der Waals surface area contributed by atoms with Crippen LogP contribution in [0.2, 0.25) is 10.0 Å². The van der Waals surface area contributed by atoms with Crippen molar-refractivity contribution in [2.45, 2.75) is 6.92 Å². The minimum atomic E-state index is -0.344. The van der Waals surface area contributed by atoms with Crippen molar-refractivity contribution in [1.29, 1.82) is 0 Å². The Morgan fingerprint density at radius 1 is 0.926 bits per heavy atom. The summed E-state index contributed by atoms with van der Waals surface area (Å²) in [6, 6.07) is 8.03. The van der Waals surface area contributed by atoms with E-state index in [0.717, 1.165) is 0 Å². The van der Waals surface area contributed by atoms with Crippen molar-refractivity contribution in [2.75, 3.05) is 36.7 Å². The number of hydrogen-bond donors (Lipinski definition) is 3. The number of halogens is 2. The predicted molar refractivity (Wildman–Crippen MR) is 107 cm³/mol. The Morgan fingerprint density at radius 2 is 1.63 bits per heavy atom. The number of nitrogens with one attached hydrogen (secondary N) is 3. The topological polar surface area (TPSA) is 88.7 Å². The number of carbonyl (C=O) groups is 2. The van der Waals surface area contributed by atoms with Crippen LogP contribution in [0.25, 0.3) is 0 Å². The maximum atomic E-state index is 12.3. The number of hydrogen-bond acceptors (Lipinski definition) is 5. The van der Waals surface area contributed by atoms with Gasteiger partial charge in [0.2, 0.25) is 11.8 Å². The first-order chi connectivity index (χ1) is 12.8. The maximum absolute atomic E-state index is 12.3. The zero-order valence-electron chi connectivity index (χ0n) is 15.0. The van der Waals surface area contributed by atoms with Crippen LogP contribution < -0.4 is 25.4 Å². The molecule has 0 saturated heterocycles. The fourth-order valence-corrected chi connectivity index (χ4v) is 2.70. The largest absolute Gasteiger partial charge is 0.495 e. The molecule has 0 aliphatic rings. The van der Waals surface area contributed by atoms with Gasteiger partial charge in [0, 0.05) is 18.0 Å². The molecular weight excluding hydrogens is 393 g/mol. The van der Waals surface area contributed by atoms with E-state index in [4.69, 9.17) is 32.7 Å². The molecule has 0 atom stereocenters. The van der Waals surface area contributed by atoms with Crippen molar-refractivity contribution < 1.29 is 19.1 Å². The van der Waals surface area contributed by atoms with Crippen molar-refractivity contribution in [3.63, 3.8) is 0 Å². The van der Waals surface area contributed by atoms with Crippen molar-refractivity contribution in [3.05, 3.63) is 40.4 Å². The molecule has 0 aromatic heterocycles. The van der Waals surface area contributed by atoms with Gasteiger partial charge in [0.15, 0.2) is 0 Å². The highest BCUT2D eigenvalue weighted by molar-refractivity contribution is 6.32. The first kappa shape index (κ1) is 20.7. The van der Waals surface area contributed by atoms with E-state index in [1.54, 1.807) is 30.3 Å². The zero-order valence-corrected chi connectivity index (χ0v) is 16.5. The number of anilines is 3. The molecule has 0 fully saturated rings. The van der Waals surface area contributed by atoms with Crippen molar-refractivity contribution >= 4 is 52.1 Å². The smallest absolute Gasteiger partial charge is 0.243 e. The first-order valence-corrected chi connectivity index (χ1v) is 8.62. The maximum Gasteiger partial charge on any atom is 0.243 e. The van der Waals surface area contributed by atoms with E-state index in [0.29, 0.717) is 38.6 Å². The number of rotatable bonds is 7. The number of carbonyl (C=O) groups excluding carboxylic acids is 2. The van der Waals surface area contributed by atoms with Crippen LogP contribution in [-0.4, -0.2) is 32.6 Å². The van der Waals surface area contributed by atoms with Crippen LogP contribution in [0.3, 0.4) is 0 Å². The minimum absolute atomic E-state index is 0.0697. The number of amides is 2. The highest BCUT2D eigenvalue weighted by Gasteiger charge is 2.13. The van der Waals surface area contributed by atoms with E-state index in [9.17, 15) is 9.59 Å². The lowest BCUT2D eigenvalue weighted by atomic mass is 10.2. The predicted octanol–water partition coefficient (Wildman–Crippen LogP) is 4.02. The van der Waals surface area contributed by atoms with Gasteiger partial charge in [0.25, 0.3) is 0 Å². The van der Waals surface area contributed by atoms with Crippen molar-refractivity contribution in [2.24, 2.45) is 0 Å². The average molecular weight is 412 g/mol. The summed E-state index contributed by atoms with van der Waals surface area (Å²) in [7, 11) is 2.96. The van der Waals surface area contributed by atoms with Gasteiger partial charge in [-0.3, -0.25) is 9.59 Å². The van der Waals surface area contributed by atoms with E-state index in [2.05, 4.69) is 16.0 Å². The van der Waals surface area contributed by atoms with Crippen LogP contribution in [0.1, 0.15) is 6.92 Å². The third-order valence-corrected chi connectivity index (χ3v) is 4.01. The lowest BCUT2D eigenvalue weighted by Crippen LogP contribution is -2.22. The summed E-state index contributed by atoms with van der Waals surface area (Å²) >= 11 is 12.1. The highest BCUT2D eigenvalue weighted by atomic mass is 35.5. The van der Waals surface area contributed by atoms with Gasteiger partial charge in [-0.15, -0.1) is 0 Å². The fourth-order valence-electron chi connectivity index (χ4n) is 2.29. The number of methoxy groups -OCH3 is 2. The molecule has 0 aliphatic carbocycles. The van der Waals surface area contributed by atoms with Gasteiger partial charge in [-0.2, -0.15) is 0 Å². The molecule has 9 heteroatoms. The summed E-state index contributed by atoms with van der Waals surface area (Å²) < 4.78 is 10.4. The first-order valence-electron chi connectivity index (χ1n) is 7.86. The molecule has 0 saturated carbocycles. The van der Waals surface area contributed by atoms with E-state index in [1.165, 1.54) is 21.1 Å². The minimum Gasteiger partial charge on any atom is -0.495 e. The molecule has 0 heterocycles. The normalized spacial score (nSPS) is 10.1. The van der Waals surface area contributed by atoms with E-state index in [1.807, 2.05) is 0 Å². The molecule has 7 nitrogen and oxygen atoms in total. The molecule has 0 radical (unpaired) electrons. The van der Waals surface area contributed by atoms with Gasteiger partial charge in [-0.25, -0.2) is 0 Å². The quantitative estimate of drug-likeness (QED) is 0.640. The zero-order chi connectivity index (χ0) is 20.0. The Morgan fingerprint density at radius 3 is 2.26 bits per heavy atom. The van der Waals surface area contributed by atoms with Crippen LogP contribution in [0.15, 0.2) is 30.3 Å². The van der Waals surface area contributed by atoms with Crippen LogP contribution in [-0.2, 0) is 9.59 Å². The van der Waals surface area contributed by atoms with E-state index in [-0.39, 0.29) is 18.4 Å². The molecule has 2 aromatic carbocycles. The molecule has 3 N–H and O–H groups in total. The summed E-state index contributed by atoms with van der Waals surface area (Å²) in [5, 5.41) is 9.13. The molecule has 0 spiro atoms. The fraction of sp³-hybridized carbons (Fsp3) is 0.222. The lowest BCUT2D eigenvalue weighted by Gasteiger charge is -2.15. The number of benzene rings is 2. The highest BCUT2D eigenvalue weighted by Crippen LogP contribution is 2.35. The molecule has 0 bridgehead atoms. The summed E-state index contributed by atoms with van der Waals surface area (Å²) in [4.78, 5) is 23.6. The summed E-state index contributed by atoms with van der Waals surface area (Å²) in [6.45, 7) is 1.32. The molecule has 0 unspecified atom stereocenters. The summed E-state index contributed by atoms with van der Waals surface area (Å²) in [5.41, 5.74) is 1.45. The van der Waals surface area contributed by atoms with Gasteiger partial charge < -0.3 is 25.4 Å². The van der Waals surface area contributed by atoms with Gasteiger partial charge in [0.05, 0.1) is 42.8 Å². The van der Waals surface area contributed by atoms with Gasteiger partial charge in [-0.05, 0) is 24.3 Å². The average Bonchev–Trinajstić information content (AvgIpc) is 2.61. The van der Waals surface area contributed by atoms with Crippen LogP contribution >= 0.6 is 23.2 Å². The molecule has 144 valence electrons. The molecule has 0 aliphatic heterocycles. The third-order valence-electron chi connectivity index (χ3n) is 3.48. The van der Waals surface area contributed by atoms with E-state index < -0.39 is 0 Å².